The Kier molecular flexibility index (Phi) is 7.49. The fourth-order valence-electron chi connectivity index (χ4n) is 0.477. The quantitative estimate of drug-likeness (QED) is 0.496. The zero-order chi connectivity index (χ0) is 7.49. The van der Waals surface area contributed by atoms with Gasteiger partial charge in [0.2, 0.25) is 0 Å². The maximum atomic E-state index is 10.2. The maximum absolute atomic E-state index is 10.2. The van der Waals surface area contributed by atoms with E-state index in [1.54, 1.807) is 6.92 Å². The van der Waals surface area contributed by atoms with E-state index in [0.29, 0.717) is 0 Å². The zero-order valence-corrected chi connectivity index (χ0v) is 6.48. The molecule has 0 saturated carbocycles. The first-order valence-corrected chi connectivity index (χ1v) is 4.51. The van der Waals surface area contributed by atoms with Gasteiger partial charge >= 0.3 is 29.6 Å². The monoisotopic (exact) mass is 176 g/mol. The van der Waals surface area contributed by atoms with Crippen LogP contribution >= 0.6 is 0 Å². The normalized spacial score (nSPS) is 13.9. The van der Waals surface area contributed by atoms with Crippen LogP contribution < -0.4 is 0 Å². The summed E-state index contributed by atoms with van der Waals surface area (Å²) in [6.45, 7) is 3.67. The van der Waals surface area contributed by atoms with Gasteiger partial charge in [-0.2, -0.15) is 8.42 Å². The van der Waals surface area contributed by atoms with Crippen molar-refractivity contribution in [2.45, 2.75) is 20.3 Å². The summed E-state index contributed by atoms with van der Waals surface area (Å²) >= 11 is 0. The second kappa shape index (κ2) is 5.55. The van der Waals surface area contributed by atoms with Crippen molar-refractivity contribution in [1.82, 2.24) is 0 Å². The van der Waals surface area contributed by atoms with Crippen LogP contribution in [0.15, 0.2) is 0 Å². The van der Waals surface area contributed by atoms with Gasteiger partial charge in [0, 0.05) is 0 Å². The van der Waals surface area contributed by atoms with Crippen molar-refractivity contribution in [3.8, 4) is 0 Å². The molecule has 0 aromatic heterocycles. The van der Waals surface area contributed by atoms with Crippen LogP contribution in [-0.4, -0.2) is 48.3 Å². The van der Waals surface area contributed by atoms with Gasteiger partial charge in [0.25, 0.3) is 10.1 Å². The van der Waals surface area contributed by atoms with Crippen molar-refractivity contribution in [3.63, 3.8) is 0 Å². The summed E-state index contributed by atoms with van der Waals surface area (Å²) in [5.41, 5.74) is 0. The molecule has 0 spiro atoms. The van der Waals surface area contributed by atoms with Crippen molar-refractivity contribution in [1.29, 1.82) is 0 Å². The molecular formula is C5H13NaO3S. The van der Waals surface area contributed by atoms with Crippen molar-refractivity contribution < 1.29 is 13.0 Å². The molecule has 0 saturated heterocycles. The van der Waals surface area contributed by atoms with Crippen molar-refractivity contribution in [3.05, 3.63) is 0 Å². The second-order valence-corrected chi connectivity index (χ2v) is 3.76. The van der Waals surface area contributed by atoms with E-state index in [-0.39, 0.29) is 41.2 Å². The Hall–Kier alpha value is 0.910. The third kappa shape index (κ3) is 8.91. The molecule has 5 heteroatoms. The van der Waals surface area contributed by atoms with Crippen LogP contribution in [0.1, 0.15) is 20.3 Å². The van der Waals surface area contributed by atoms with E-state index in [2.05, 4.69) is 0 Å². The number of hydrogen-bond acceptors (Lipinski definition) is 2. The molecule has 0 aliphatic carbocycles. The van der Waals surface area contributed by atoms with Gasteiger partial charge in [0.05, 0.1) is 5.75 Å². The minimum atomic E-state index is -3.74. The summed E-state index contributed by atoms with van der Waals surface area (Å²) in [4.78, 5) is 0. The average Bonchev–Trinajstić information content (AvgIpc) is 1.62. The van der Waals surface area contributed by atoms with Gasteiger partial charge in [0.1, 0.15) is 0 Å². The van der Waals surface area contributed by atoms with Gasteiger partial charge in [-0.1, -0.05) is 20.3 Å². The molecule has 0 aliphatic heterocycles. The molecule has 0 rings (SSSR count). The van der Waals surface area contributed by atoms with Crippen LogP contribution in [0.2, 0.25) is 0 Å². The van der Waals surface area contributed by atoms with E-state index in [9.17, 15) is 8.42 Å². The molecule has 58 valence electrons. The Bertz CT molecular complexity index is 164. The number of hydrogen-bond donors (Lipinski definition) is 1. The van der Waals surface area contributed by atoms with Crippen LogP contribution in [0.4, 0.5) is 0 Å². The molecular weight excluding hydrogens is 163 g/mol. The fourth-order valence-corrected chi connectivity index (χ4v) is 1.43. The van der Waals surface area contributed by atoms with Crippen LogP contribution in [0.25, 0.3) is 0 Å². The summed E-state index contributed by atoms with van der Waals surface area (Å²) in [5, 5.41) is 0. The molecule has 0 heterocycles. The Morgan fingerprint density at radius 3 is 2.00 bits per heavy atom. The summed E-state index contributed by atoms with van der Waals surface area (Å²) in [6.07, 6.45) is 0.778. The molecule has 0 bridgehead atoms. The van der Waals surface area contributed by atoms with Crippen LogP contribution in [0, 0.1) is 5.92 Å². The van der Waals surface area contributed by atoms with Gasteiger partial charge in [-0.15, -0.1) is 0 Å². The summed E-state index contributed by atoms with van der Waals surface area (Å²) < 4.78 is 28.6. The first-order chi connectivity index (χ1) is 3.95. The SMILES string of the molecule is CCC(C)CS(=O)(=O)O.[NaH]. The van der Waals surface area contributed by atoms with E-state index < -0.39 is 10.1 Å². The van der Waals surface area contributed by atoms with E-state index >= 15 is 0 Å². The van der Waals surface area contributed by atoms with Crippen LogP contribution in [-0.2, 0) is 10.1 Å². The van der Waals surface area contributed by atoms with Gasteiger partial charge < -0.3 is 0 Å². The fraction of sp³-hybridized carbons (Fsp3) is 1.00. The predicted molar refractivity (Wildman–Crippen MR) is 43.0 cm³/mol. The van der Waals surface area contributed by atoms with Crippen molar-refractivity contribution >= 4 is 39.7 Å². The standard InChI is InChI=1S/C5H12O3S.Na.H/c1-3-5(2)4-9(6,7)8;;/h5H,3-4H2,1-2H3,(H,6,7,8);;. The van der Waals surface area contributed by atoms with E-state index in [0.717, 1.165) is 6.42 Å². The van der Waals surface area contributed by atoms with Crippen molar-refractivity contribution in [2.24, 2.45) is 5.92 Å². The molecule has 0 fully saturated rings. The molecule has 1 N–H and O–H groups in total. The summed E-state index contributed by atoms with van der Waals surface area (Å²) in [6, 6.07) is 0. The molecule has 0 aromatic carbocycles. The third-order valence-corrected chi connectivity index (χ3v) is 2.18. The third-order valence-electron chi connectivity index (χ3n) is 1.19. The molecule has 3 nitrogen and oxygen atoms in total. The Labute approximate surface area is 84.2 Å². The molecule has 10 heavy (non-hydrogen) atoms. The molecule has 0 radical (unpaired) electrons. The van der Waals surface area contributed by atoms with E-state index in [1.165, 1.54) is 0 Å². The van der Waals surface area contributed by atoms with E-state index in [4.69, 9.17) is 4.55 Å². The van der Waals surface area contributed by atoms with Gasteiger partial charge in [-0.3, -0.25) is 4.55 Å². The molecule has 0 aliphatic rings. The Morgan fingerprint density at radius 2 is 1.90 bits per heavy atom. The average molecular weight is 176 g/mol. The Morgan fingerprint density at radius 1 is 1.50 bits per heavy atom. The first-order valence-electron chi connectivity index (χ1n) is 2.91. The minimum absolute atomic E-state index is 0. The molecule has 1 atom stereocenters. The summed E-state index contributed by atoms with van der Waals surface area (Å²) in [5.74, 6) is -0.0660. The second-order valence-electron chi connectivity index (χ2n) is 2.26. The zero-order valence-electron chi connectivity index (χ0n) is 5.66. The van der Waals surface area contributed by atoms with Crippen molar-refractivity contribution in [2.75, 3.05) is 5.75 Å². The Balaban J connectivity index is 0. The first kappa shape index (κ1) is 13.5. The van der Waals surface area contributed by atoms with Crippen LogP contribution in [0.5, 0.6) is 0 Å². The van der Waals surface area contributed by atoms with Gasteiger partial charge in [0.15, 0.2) is 0 Å². The predicted octanol–water partition coefficient (Wildman–Crippen LogP) is 0.272. The van der Waals surface area contributed by atoms with Gasteiger partial charge in [-0.05, 0) is 5.92 Å². The molecule has 0 amide bonds. The summed E-state index contributed by atoms with van der Waals surface area (Å²) in [7, 11) is -3.74. The molecule has 0 aromatic rings. The van der Waals surface area contributed by atoms with E-state index in [1.807, 2.05) is 6.92 Å². The number of rotatable bonds is 3. The van der Waals surface area contributed by atoms with Crippen LogP contribution in [0.3, 0.4) is 0 Å². The topological polar surface area (TPSA) is 54.4 Å². The molecule has 1 unspecified atom stereocenters. The van der Waals surface area contributed by atoms with Gasteiger partial charge in [-0.25, -0.2) is 0 Å².